The first-order valence-electron chi connectivity index (χ1n) is 7.22. The number of halogens is 2. The maximum atomic E-state index is 14.2. The Labute approximate surface area is 125 Å². The number of carbonyl (C=O) groups is 1. The van der Waals surface area contributed by atoms with Crippen molar-refractivity contribution in [2.24, 2.45) is 0 Å². The fourth-order valence-corrected chi connectivity index (χ4v) is 2.95. The van der Waals surface area contributed by atoms with Gasteiger partial charge in [-0.2, -0.15) is 0 Å². The Morgan fingerprint density at radius 1 is 1.18 bits per heavy atom. The van der Waals surface area contributed by atoms with Gasteiger partial charge in [0.15, 0.2) is 12.0 Å². The lowest BCUT2D eigenvalue weighted by Crippen LogP contribution is -2.51. The Balaban J connectivity index is 1.64. The second-order valence-electron chi connectivity index (χ2n) is 5.68. The van der Waals surface area contributed by atoms with Crippen molar-refractivity contribution in [2.45, 2.75) is 24.8 Å². The van der Waals surface area contributed by atoms with Crippen LogP contribution >= 0.6 is 0 Å². The molecule has 22 heavy (non-hydrogen) atoms. The molecular formula is C15H14F2N4O. The van der Waals surface area contributed by atoms with E-state index in [0.29, 0.717) is 0 Å². The highest BCUT2D eigenvalue weighted by Gasteiger charge is 2.39. The van der Waals surface area contributed by atoms with Crippen molar-refractivity contribution in [3.63, 3.8) is 0 Å². The smallest absolute Gasteiger partial charge is 0.293 e. The molecule has 0 spiro atoms. The molecule has 3 heterocycles. The molecule has 0 N–H and O–H groups in total. The van der Waals surface area contributed by atoms with Gasteiger partial charge in [0.05, 0.1) is 19.1 Å². The van der Waals surface area contributed by atoms with Gasteiger partial charge < -0.3 is 4.90 Å². The number of likely N-dealkylation sites (tertiary alicyclic amines) is 1. The van der Waals surface area contributed by atoms with Crippen molar-refractivity contribution >= 4 is 5.91 Å². The Hall–Kier alpha value is -2.31. The van der Waals surface area contributed by atoms with E-state index in [2.05, 4.69) is 10.1 Å². The van der Waals surface area contributed by atoms with Gasteiger partial charge in [-0.05, 0) is 5.56 Å². The molecular weight excluding hydrogens is 290 g/mol. The summed E-state index contributed by atoms with van der Waals surface area (Å²) in [6.45, 7) is 0.119. The number of aromatic nitrogens is 3. The number of rotatable bonds is 2. The van der Waals surface area contributed by atoms with Crippen LogP contribution in [-0.2, 0) is 0 Å². The number of fused-ring (bicyclic) bond motifs is 1. The first-order valence-corrected chi connectivity index (χ1v) is 7.22. The Morgan fingerprint density at radius 3 is 2.59 bits per heavy atom. The number of nitrogens with zero attached hydrogens (tertiary/aromatic N) is 4. The second kappa shape index (κ2) is 4.86. The SMILES string of the molecule is O=C(c1nc2n(n1)C(c1ccccc1)CC2F)N1CC(F)C1. The van der Waals surface area contributed by atoms with Crippen LogP contribution in [0.25, 0.3) is 0 Å². The largest absolute Gasteiger partial charge is 0.330 e. The molecule has 114 valence electrons. The molecule has 1 fully saturated rings. The third-order valence-corrected chi connectivity index (χ3v) is 4.16. The van der Waals surface area contributed by atoms with Gasteiger partial charge in [-0.3, -0.25) is 4.79 Å². The molecule has 2 unspecified atom stereocenters. The summed E-state index contributed by atoms with van der Waals surface area (Å²) in [5.41, 5.74) is 0.931. The average molecular weight is 304 g/mol. The van der Waals surface area contributed by atoms with Gasteiger partial charge in [-0.15, -0.1) is 5.10 Å². The summed E-state index contributed by atoms with van der Waals surface area (Å²) in [6, 6.07) is 9.19. The van der Waals surface area contributed by atoms with Crippen molar-refractivity contribution in [1.29, 1.82) is 0 Å². The Bertz CT molecular complexity index is 712. The summed E-state index contributed by atoms with van der Waals surface area (Å²) in [5.74, 6) is -0.311. The van der Waals surface area contributed by atoms with Gasteiger partial charge >= 0.3 is 0 Å². The minimum Gasteiger partial charge on any atom is -0.330 e. The van der Waals surface area contributed by atoms with Gasteiger partial charge in [-0.25, -0.2) is 18.4 Å². The molecule has 1 aromatic heterocycles. The van der Waals surface area contributed by atoms with Crippen LogP contribution in [0.15, 0.2) is 30.3 Å². The predicted molar refractivity (Wildman–Crippen MR) is 73.9 cm³/mol. The summed E-state index contributed by atoms with van der Waals surface area (Å²) >= 11 is 0. The van der Waals surface area contributed by atoms with Crippen molar-refractivity contribution < 1.29 is 13.6 Å². The standard InChI is InChI=1S/C15H14F2N4O/c16-10-7-20(8-10)15(22)13-18-14-11(17)6-12(21(14)19-13)9-4-2-1-3-5-9/h1-5,10-12H,6-8H2. The van der Waals surface area contributed by atoms with E-state index in [4.69, 9.17) is 0 Å². The molecule has 0 radical (unpaired) electrons. The maximum absolute atomic E-state index is 14.2. The molecule has 4 rings (SSSR count). The van der Waals surface area contributed by atoms with Crippen LogP contribution in [0.3, 0.4) is 0 Å². The zero-order valence-electron chi connectivity index (χ0n) is 11.7. The molecule has 0 saturated carbocycles. The molecule has 7 heteroatoms. The lowest BCUT2D eigenvalue weighted by molar-refractivity contribution is 0.0388. The molecule has 5 nitrogen and oxygen atoms in total. The van der Waals surface area contributed by atoms with Crippen LogP contribution in [0.1, 0.15) is 40.6 Å². The number of alkyl halides is 2. The highest BCUT2D eigenvalue weighted by atomic mass is 19.1. The number of hydrogen-bond acceptors (Lipinski definition) is 3. The number of benzene rings is 1. The maximum Gasteiger partial charge on any atom is 0.293 e. The van der Waals surface area contributed by atoms with E-state index < -0.39 is 18.3 Å². The zero-order valence-corrected chi connectivity index (χ0v) is 11.7. The van der Waals surface area contributed by atoms with E-state index in [-0.39, 0.29) is 37.2 Å². The van der Waals surface area contributed by atoms with Crippen LogP contribution in [0, 0.1) is 0 Å². The van der Waals surface area contributed by atoms with Crippen molar-refractivity contribution in [2.75, 3.05) is 13.1 Å². The van der Waals surface area contributed by atoms with E-state index in [9.17, 15) is 13.6 Å². The lowest BCUT2D eigenvalue weighted by Gasteiger charge is -2.33. The van der Waals surface area contributed by atoms with E-state index in [1.807, 2.05) is 30.3 Å². The number of carbonyl (C=O) groups excluding carboxylic acids is 1. The summed E-state index contributed by atoms with van der Waals surface area (Å²) in [7, 11) is 0. The van der Waals surface area contributed by atoms with E-state index in [0.717, 1.165) is 5.56 Å². The van der Waals surface area contributed by atoms with Gasteiger partial charge in [0.2, 0.25) is 5.82 Å². The van der Waals surface area contributed by atoms with Gasteiger partial charge in [-0.1, -0.05) is 30.3 Å². The number of amides is 1. The summed E-state index contributed by atoms with van der Waals surface area (Å²) in [4.78, 5) is 17.5. The van der Waals surface area contributed by atoms with Crippen LogP contribution in [0.4, 0.5) is 8.78 Å². The third kappa shape index (κ3) is 2.00. The summed E-state index contributed by atoms with van der Waals surface area (Å²) in [6.07, 6.45) is -1.96. The third-order valence-electron chi connectivity index (χ3n) is 4.16. The molecule has 2 aliphatic heterocycles. The summed E-state index contributed by atoms with van der Waals surface area (Å²) < 4.78 is 28.5. The highest BCUT2D eigenvalue weighted by Crippen LogP contribution is 2.39. The van der Waals surface area contributed by atoms with Crippen molar-refractivity contribution in [3.8, 4) is 0 Å². The fourth-order valence-electron chi connectivity index (χ4n) is 2.95. The average Bonchev–Trinajstić information content (AvgIpc) is 3.05. The van der Waals surface area contributed by atoms with Gasteiger partial charge in [0.25, 0.3) is 5.91 Å². The van der Waals surface area contributed by atoms with Crippen molar-refractivity contribution in [1.82, 2.24) is 19.7 Å². The fraction of sp³-hybridized carbons (Fsp3) is 0.400. The highest BCUT2D eigenvalue weighted by molar-refractivity contribution is 5.91. The monoisotopic (exact) mass is 304 g/mol. The quantitative estimate of drug-likeness (QED) is 0.853. The molecule has 0 bridgehead atoms. The minimum atomic E-state index is -1.25. The minimum absolute atomic E-state index is 0.0508. The Kier molecular flexibility index (Phi) is 2.95. The van der Waals surface area contributed by atoms with Crippen LogP contribution < -0.4 is 0 Å². The molecule has 1 amide bonds. The van der Waals surface area contributed by atoms with Crippen LogP contribution in [-0.4, -0.2) is 44.8 Å². The Morgan fingerprint density at radius 2 is 1.91 bits per heavy atom. The van der Waals surface area contributed by atoms with Crippen LogP contribution in [0.5, 0.6) is 0 Å². The van der Waals surface area contributed by atoms with Gasteiger partial charge in [0.1, 0.15) is 6.17 Å². The second-order valence-corrected chi connectivity index (χ2v) is 5.68. The molecule has 1 aromatic carbocycles. The first kappa shape index (κ1) is 13.4. The molecule has 2 aromatic rings. The number of hydrogen-bond donors (Lipinski definition) is 0. The summed E-state index contributed by atoms with van der Waals surface area (Å²) in [5, 5.41) is 4.18. The predicted octanol–water partition coefficient (Wildman–Crippen LogP) is 2.08. The van der Waals surface area contributed by atoms with E-state index in [1.165, 1.54) is 9.58 Å². The normalized spacial score (nSPS) is 24.2. The van der Waals surface area contributed by atoms with E-state index >= 15 is 0 Å². The molecule has 2 atom stereocenters. The molecule has 2 aliphatic rings. The van der Waals surface area contributed by atoms with E-state index in [1.54, 1.807) is 0 Å². The zero-order chi connectivity index (χ0) is 15.3. The molecule has 0 aliphatic carbocycles. The van der Waals surface area contributed by atoms with Crippen LogP contribution in [0.2, 0.25) is 0 Å². The lowest BCUT2D eigenvalue weighted by atomic mass is 10.0. The first-order chi connectivity index (χ1) is 10.6. The topological polar surface area (TPSA) is 51.0 Å². The van der Waals surface area contributed by atoms with Crippen molar-refractivity contribution in [3.05, 3.63) is 47.5 Å². The van der Waals surface area contributed by atoms with Gasteiger partial charge in [0, 0.05) is 6.42 Å². The molecule has 1 saturated heterocycles.